The first-order valence-corrected chi connectivity index (χ1v) is 8.39. The lowest BCUT2D eigenvalue weighted by Gasteiger charge is -2.30. The summed E-state index contributed by atoms with van der Waals surface area (Å²) in [6.07, 6.45) is 0. The van der Waals surface area contributed by atoms with Gasteiger partial charge in [-0.15, -0.1) is 0 Å². The summed E-state index contributed by atoms with van der Waals surface area (Å²) in [6, 6.07) is 6.76. The highest BCUT2D eigenvalue weighted by Crippen LogP contribution is 2.27. The van der Waals surface area contributed by atoms with Crippen molar-refractivity contribution in [3.05, 3.63) is 23.8 Å². The summed E-state index contributed by atoms with van der Waals surface area (Å²) in [4.78, 5) is 6.79. The predicted molar refractivity (Wildman–Crippen MR) is 99.9 cm³/mol. The molecule has 24 heavy (non-hydrogen) atoms. The van der Waals surface area contributed by atoms with Crippen LogP contribution >= 0.6 is 0 Å². The Bertz CT molecular complexity index is 522. The Balaban J connectivity index is 2.52. The second-order valence-electron chi connectivity index (χ2n) is 6.24. The van der Waals surface area contributed by atoms with Crippen molar-refractivity contribution >= 4 is 5.96 Å². The van der Waals surface area contributed by atoms with Crippen LogP contribution < -0.4 is 20.5 Å². The van der Waals surface area contributed by atoms with Gasteiger partial charge in [-0.3, -0.25) is 4.90 Å². The average molecular weight is 336 g/mol. The van der Waals surface area contributed by atoms with Crippen molar-refractivity contribution in [2.45, 2.75) is 46.3 Å². The van der Waals surface area contributed by atoms with Crippen LogP contribution in [0.2, 0.25) is 0 Å². The zero-order chi connectivity index (χ0) is 18.1. The molecule has 0 aliphatic heterocycles. The van der Waals surface area contributed by atoms with Crippen LogP contribution in [0.25, 0.3) is 0 Å². The molecule has 0 heterocycles. The Hall–Kier alpha value is -1.95. The number of methoxy groups -OCH3 is 2. The summed E-state index contributed by atoms with van der Waals surface area (Å²) in [7, 11) is 3.24. The van der Waals surface area contributed by atoms with E-state index in [-0.39, 0.29) is 0 Å². The first kappa shape index (κ1) is 20.1. The van der Waals surface area contributed by atoms with E-state index < -0.39 is 0 Å². The van der Waals surface area contributed by atoms with Gasteiger partial charge in [-0.25, -0.2) is 4.99 Å². The van der Waals surface area contributed by atoms with Gasteiger partial charge in [-0.1, -0.05) is 6.07 Å². The van der Waals surface area contributed by atoms with Crippen LogP contribution in [0.15, 0.2) is 23.2 Å². The molecule has 1 rings (SSSR count). The minimum absolute atomic E-state index is 0.456. The van der Waals surface area contributed by atoms with Crippen LogP contribution in [-0.2, 0) is 6.54 Å². The van der Waals surface area contributed by atoms with E-state index in [9.17, 15) is 0 Å². The molecule has 0 atom stereocenters. The maximum Gasteiger partial charge on any atom is 0.188 e. The molecule has 6 heteroatoms. The first-order chi connectivity index (χ1) is 11.4. The Morgan fingerprint density at radius 1 is 1.12 bits per heavy atom. The number of hydrogen-bond acceptors (Lipinski definition) is 4. The van der Waals surface area contributed by atoms with E-state index in [0.717, 1.165) is 18.7 Å². The zero-order valence-corrected chi connectivity index (χ0v) is 15.8. The summed E-state index contributed by atoms with van der Waals surface area (Å²) in [5.41, 5.74) is 6.97. The van der Waals surface area contributed by atoms with Crippen molar-refractivity contribution in [3.8, 4) is 11.5 Å². The summed E-state index contributed by atoms with van der Waals surface area (Å²) in [5, 5.41) is 3.17. The van der Waals surface area contributed by atoms with Gasteiger partial charge in [0, 0.05) is 25.2 Å². The third kappa shape index (κ3) is 6.28. The van der Waals surface area contributed by atoms with Crippen molar-refractivity contribution < 1.29 is 9.47 Å². The molecule has 0 aliphatic rings. The van der Waals surface area contributed by atoms with Crippen LogP contribution in [0.3, 0.4) is 0 Å². The molecule has 3 N–H and O–H groups in total. The number of ether oxygens (including phenoxy) is 2. The standard InChI is InChI=1S/C18H32N4O2/c1-13(2)22(14(3)4)10-9-20-18(19)21-12-15-7-8-16(23-5)17(11-15)24-6/h7-8,11,13-14H,9-10,12H2,1-6H3,(H3,19,20,21). The van der Waals surface area contributed by atoms with Crippen LogP contribution in [0.4, 0.5) is 0 Å². The molecule has 0 aliphatic carbocycles. The number of nitrogens with two attached hydrogens (primary N) is 1. The van der Waals surface area contributed by atoms with Crippen molar-refractivity contribution in [3.63, 3.8) is 0 Å². The molecular formula is C18H32N4O2. The van der Waals surface area contributed by atoms with E-state index in [1.54, 1.807) is 14.2 Å². The maximum absolute atomic E-state index is 5.95. The van der Waals surface area contributed by atoms with Gasteiger partial charge in [-0.2, -0.15) is 0 Å². The molecule has 0 amide bonds. The topological polar surface area (TPSA) is 72.1 Å². The Morgan fingerprint density at radius 3 is 2.29 bits per heavy atom. The molecule has 0 radical (unpaired) electrons. The lowest BCUT2D eigenvalue weighted by atomic mass is 10.2. The van der Waals surface area contributed by atoms with Gasteiger partial charge < -0.3 is 20.5 Å². The lowest BCUT2D eigenvalue weighted by molar-refractivity contribution is 0.178. The maximum atomic E-state index is 5.95. The third-order valence-corrected chi connectivity index (χ3v) is 3.88. The number of aliphatic imine (C=N–C) groups is 1. The number of rotatable bonds is 9. The van der Waals surface area contributed by atoms with Crippen LogP contribution in [-0.4, -0.2) is 50.3 Å². The molecule has 1 aromatic rings. The van der Waals surface area contributed by atoms with Gasteiger partial charge in [0.1, 0.15) is 0 Å². The van der Waals surface area contributed by atoms with Gasteiger partial charge in [0.25, 0.3) is 0 Å². The molecule has 0 saturated heterocycles. The van der Waals surface area contributed by atoms with Crippen LogP contribution in [0.1, 0.15) is 33.3 Å². The number of nitrogens with zero attached hydrogens (tertiary/aromatic N) is 2. The minimum atomic E-state index is 0.456. The molecule has 0 unspecified atom stereocenters. The van der Waals surface area contributed by atoms with Gasteiger partial charge >= 0.3 is 0 Å². The summed E-state index contributed by atoms with van der Waals surface area (Å²) >= 11 is 0. The highest BCUT2D eigenvalue weighted by Gasteiger charge is 2.12. The van der Waals surface area contributed by atoms with Crippen molar-refractivity contribution in [2.24, 2.45) is 10.7 Å². The average Bonchev–Trinajstić information content (AvgIpc) is 2.55. The minimum Gasteiger partial charge on any atom is -0.493 e. The third-order valence-electron chi connectivity index (χ3n) is 3.88. The van der Waals surface area contributed by atoms with E-state index in [1.807, 2.05) is 18.2 Å². The van der Waals surface area contributed by atoms with Crippen LogP contribution in [0, 0.1) is 0 Å². The number of hydrogen-bond donors (Lipinski definition) is 2. The second kappa shape index (κ2) is 10.0. The lowest BCUT2D eigenvalue weighted by Crippen LogP contribution is -2.44. The molecule has 0 spiro atoms. The highest BCUT2D eigenvalue weighted by atomic mass is 16.5. The quantitative estimate of drug-likeness (QED) is 0.534. The molecule has 0 bridgehead atoms. The monoisotopic (exact) mass is 336 g/mol. The molecule has 1 aromatic carbocycles. The molecule has 0 aromatic heterocycles. The number of nitrogens with one attached hydrogen (secondary N) is 1. The molecule has 0 saturated carbocycles. The molecule has 136 valence electrons. The highest BCUT2D eigenvalue weighted by molar-refractivity contribution is 5.77. The normalized spacial score (nSPS) is 12.1. The van der Waals surface area contributed by atoms with E-state index >= 15 is 0 Å². The largest absolute Gasteiger partial charge is 0.493 e. The molecule has 6 nitrogen and oxygen atoms in total. The van der Waals surface area contributed by atoms with Crippen molar-refractivity contribution in [1.82, 2.24) is 10.2 Å². The zero-order valence-electron chi connectivity index (χ0n) is 15.8. The molecular weight excluding hydrogens is 304 g/mol. The summed E-state index contributed by atoms with van der Waals surface area (Å²) < 4.78 is 10.5. The van der Waals surface area contributed by atoms with E-state index in [4.69, 9.17) is 15.2 Å². The number of benzene rings is 1. The van der Waals surface area contributed by atoms with Crippen molar-refractivity contribution in [1.29, 1.82) is 0 Å². The Kier molecular flexibility index (Phi) is 8.40. The fourth-order valence-electron chi connectivity index (χ4n) is 2.64. The van der Waals surface area contributed by atoms with E-state index in [0.29, 0.717) is 36.1 Å². The fraction of sp³-hybridized carbons (Fsp3) is 0.611. The predicted octanol–water partition coefficient (Wildman–Crippen LogP) is 2.23. The first-order valence-electron chi connectivity index (χ1n) is 8.39. The van der Waals surface area contributed by atoms with Crippen LogP contribution in [0.5, 0.6) is 11.5 Å². The molecule has 0 fully saturated rings. The Morgan fingerprint density at radius 2 is 1.75 bits per heavy atom. The summed E-state index contributed by atoms with van der Waals surface area (Å²) in [5.74, 6) is 1.86. The van der Waals surface area contributed by atoms with Gasteiger partial charge in [-0.05, 0) is 45.4 Å². The Labute approximate surface area is 146 Å². The van der Waals surface area contributed by atoms with Gasteiger partial charge in [0.2, 0.25) is 0 Å². The van der Waals surface area contributed by atoms with Gasteiger partial charge in [0.05, 0.1) is 20.8 Å². The number of guanidine groups is 1. The smallest absolute Gasteiger partial charge is 0.188 e. The fourth-order valence-corrected chi connectivity index (χ4v) is 2.64. The van der Waals surface area contributed by atoms with E-state index in [2.05, 4.69) is 42.9 Å². The van der Waals surface area contributed by atoms with Gasteiger partial charge in [0.15, 0.2) is 17.5 Å². The second-order valence-corrected chi connectivity index (χ2v) is 6.24. The SMILES string of the molecule is COc1ccc(CN=C(N)NCCN(C(C)C)C(C)C)cc1OC. The summed E-state index contributed by atoms with van der Waals surface area (Å²) in [6.45, 7) is 11.0. The van der Waals surface area contributed by atoms with Crippen molar-refractivity contribution in [2.75, 3.05) is 27.3 Å². The van der Waals surface area contributed by atoms with E-state index in [1.165, 1.54) is 0 Å².